The minimum absolute atomic E-state index is 0.0000231. The van der Waals surface area contributed by atoms with Crippen LogP contribution in [0, 0.1) is 11.3 Å². The largest absolute Gasteiger partial charge is 0.481 e. The SMILES string of the molecule is CC(=O)N1CC(C(=O)O)C2(CCC2)C1. The topological polar surface area (TPSA) is 57.6 Å². The van der Waals surface area contributed by atoms with Crippen molar-refractivity contribution in [2.75, 3.05) is 13.1 Å². The van der Waals surface area contributed by atoms with Gasteiger partial charge in [0.05, 0.1) is 5.92 Å². The molecule has 1 atom stereocenters. The smallest absolute Gasteiger partial charge is 0.308 e. The van der Waals surface area contributed by atoms with E-state index in [9.17, 15) is 9.59 Å². The Hall–Kier alpha value is -1.06. The van der Waals surface area contributed by atoms with E-state index in [1.54, 1.807) is 4.90 Å². The molecule has 1 amide bonds. The lowest BCUT2D eigenvalue weighted by atomic mass is 9.63. The Morgan fingerprint density at radius 1 is 1.43 bits per heavy atom. The van der Waals surface area contributed by atoms with Gasteiger partial charge < -0.3 is 10.0 Å². The quantitative estimate of drug-likeness (QED) is 0.673. The maximum atomic E-state index is 11.2. The minimum atomic E-state index is -0.742. The normalized spacial score (nSPS) is 28.9. The average molecular weight is 197 g/mol. The summed E-state index contributed by atoms with van der Waals surface area (Å²) in [4.78, 5) is 23.9. The predicted molar refractivity (Wildman–Crippen MR) is 49.7 cm³/mol. The van der Waals surface area contributed by atoms with E-state index in [4.69, 9.17) is 5.11 Å². The highest BCUT2D eigenvalue weighted by Gasteiger charge is 2.54. The highest BCUT2D eigenvalue weighted by atomic mass is 16.4. The number of carbonyl (C=O) groups excluding carboxylic acids is 1. The van der Waals surface area contributed by atoms with E-state index in [1.165, 1.54) is 6.92 Å². The number of carbonyl (C=O) groups is 2. The lowest BCUT2D eigenvalue weighted by molar-refractivity contribution is -0.146. The van der Waals surface area contributed by atoms with E-state index in [0.29, 0.717) is 13.1 Å². The maximum Gasteiger partial charge on any atom is 0.308 e. The minimum Gasteiger partial charge on any atom is -0.481 e. The van der Waals surface area contributed by atoms with Gasteiger partial charge in [-0.2, -0.15) is 0 Å². The number of nitrogens with zero attached hydrogens (tertiary/aromatic N) is 1. The Morgan fingerprint density at radius 2 is 2.07 bits per heavy atom. The number of hydrogen-bond acceptors (Lipinski definition) is 2. The summed E-state index contributed by atoms with van der Waals surface area (Å²) in [6, 6.07) is 0. The molecule has 78 valence electrons. The number of amides is 1. The van der Waals surface area contributed by atoms with Gasteiger partial charge in [-0.3, -0.25) is 9.59 Å². The molecule has 1 heterocycles. The van der Waals surface area contributed by atoms with Crippen LogP contribution in [-0.2, 0) is 9.59 Å². The van der Waals surface area contributed by atoms with Gasteiger partial charge in [-0.1, -0.05) is 6.42 Å². The number of carboxylic acids is 1. The Balaban J connectivity index is 2.16. The first-order valence-electron chi connectivity index (χ1n) is 5.03. The van der Waals surface area contributed by atoms with Crippen molar-refractivity contribution in [3.05, 3.63) is 0 Å². The molecule has 4 nitrogen and oxygen atoms in total. The van der Waals surface area contributed by atoms with Crippen LogP contribution in [0.2, 0.25) is 0 Å². The van der Waals surface area contributed by atoms with Crippen molar-refractivity contribution in [3.63, 3.8) is 0 Å². The molecule has 2 rings (SSSR count). The highest BCUT2D eigenvalue weighted by Crippen LogP contribution is 2.51. The number of hydrogen-bond donors (Lipinski definition) is 1. The summed E-state index contributed by atoms with van der Waals surface area (Å²) in [5.41, 5.74) is -0.0858. The molecule has 1 aliphatic heterocycles. The van der Waals surface area contributed by atoms with Crippen LogP contribution in [0.5, 0.6) is 0 Å². The molecule has 14 heavy (non-hydrogen) atoms. The van der Waals surface area contributed by atoms with Crippen molar-refractivity contribution in [2.45, 2.75) is 26.2 Å². The summed E-state index contributed by atoms with van der Waals surface area (Å²) in [5, 5.41) is 9.08. The maximum absolute atomic E-state index is 11.2. The molecular formula is C10H15NO3. The van der Waals surface area contributed by atoms with Gasteiger partial charge in [-0.05, 0) is 12.8 Å². The molecule has 0 aromatic rings. The van der Waals surface area contributed by atoms with Crippen LogP contribution in [0.1, 0.15) is 26.2 Å². The summed E-state index contributed by atoms with van der Waals surface area (Å²) in [6.07, 6.45) is 3.04. The lowest BCUT2D eigenvalue weighted by Gasteiger charge is -2.40. The van der Waals surface area contributed by atoms with Crippen LogP contribution < -0.4 is 0 Å². The second-order valence-electron chi connectivity index (χ2n) is 4.51. The highest BCUT2D eigenvalue weighted by molar-refractivity contribution is 5.77. The van der Waals surface area contributed by atoms with Gasteiger partial charge in [-0.25, -0.2) is 0 Å². The summed E-state index contributed by atoms with van der Waals surface area (Å²) in [7, 11) is 0. The zero-order valence-electron chi connectivity index (χ0n) is 8.32. The summed E-state index contributed by atoms with van der Waals surface area (Å²) < 4.78 is 0. The van der Waals surface area contributed by atoms with Crippen LogP contribution in [0.3, 0.4) is 0 Å². The number of rotatable bonds is 1. The Bertz CT molecular complexity index is 283. The standard InChI is InChI=1S/C10H15NO3/c1-7(12)11-5-8(9(13)14)10(6-11)3-2-4-10/h8H,2-6H2,1H3,(H,13,14). The zero-order chi connectivity index (χ0) is 10.3. The predicted octanol–water partition coefficient (Wildman–Crippen LogP) is 0.720. The van der Waals surface area contributed by atoms with Crippen LogP contribution in [0.4, 0.5) is 0 Å². The van der Waals surface area contributed by atoms with Gasteiger partial charge in [0.25, 0.3) is 0 Å². The zero-order valence-corrected chi connectivity index (χ0v) is 8.32. The van der Waals surface area contributed by atoms with Crippen molar-refractivity contribution in [2.24, 2.45) is 11.3 Å². The summed E-state index contributed by atoms with van der Waals surface area (Å²) in [6.45, 7) is 2.57. The molecule has 0 radical (unpaired) electrons. The van der Waals surface area contributed by atoms with Gasteiger partial charge in [-0.15, -0.1) is 0 Å². The van der Waals surface area contributed by atoms with Crippen molar-refractivity contribution in [1.29, 1.82) is 0 Å². The number of carboxylic acid groups (broad SMARTS) is 1. The van der Waals surface area contributed by atoms with Gasteiger partial charge in [0.15, 0.2) is 0 Å². The van der Waals surface area contributed by atoms with E-state index >= 15 is 0 Å². The third-order valence-corrected chi connectivity index (χ3v) is 3.74. The van der Waals surface area contributed by atoms with Gasteiger partial charge >= 0.3 is 5.97 Å². The van der Waals surface area contributed by atoms with Crippen molar-refractivity contribution < 1.29 is 14.7 Å². The molecule has 0 bridgehead atoms. The van der Waals surface area contributed by atoms with Crippen molar-refractivity contribution in [1.82, 2.24) is 4.90 Å². The van der Waals surface area contributed by atoms with Crippen LogP contribution in [0.15, 0.2) is 0 Å². The average Bonchev–Trinajstić information content (AvgIpc) is 2.42. The molecule has 4 heteroatoms. The number of aliphatic carboxylic acids is 1. The first kappa shape index (κ1) is 9.49. The molecule has 1 N–H and O–H groups in total. The van der Waals surface area contributed by atoms with Crippen LogP contribution in [-0.4, -0.2) is 35.0 Å². The molecular weight excluding hydrogens is 182 g/mol. The molecule has 2 fully saturated rings. The molecule has 0 aromatic carbocycles. The van der Waals surface area contributed by atoms with Gasteiger partial charge in [0, 0.05) is 25.4 Å². The van der Waals surface area contributed by atoms with Crippen LogP contribution in [0.25, 0.3) is 0 Å². The van der Waals surface area contributed by atoms with Crippen molar-refractivity contribution in [3.8, 4) is 0 Å². The van der Waals surface area contributed by atoms with E-state index in [1.807, 2.05) is 0 Å². The molecule has 1 unspecified atom stereocenters. The third kappa shape index (κ3) is 1.21. The summed E-state index contributed by atoms with van der Waals surface area (Å²) >= 11 is 0. The summed E-state index contributed by atoms with van der Waals surface area (Å²) in [5.74, 6) is -1.08. The third-order valence-electron chi connectivity index (χ3n) is 3.74. The first-order valence-corrected chi connectivity index (χ1v) is 5.03. The molecule has 2 aliphatic rings. The van der Waals surface area contributed by atoms with E-state index < -0.39 is 5.97 Å². The second kappa shape index (κ2) is 2.97. The fourth-order valence-corrected chi connectivity index (χ4v) is 2.69. The lowest BCUT2D eigenvalue weighted by Crippen LogP contribution is -2.41. The molecule has 1 saturated heterocycles. The van der Waals surface area contributed by atoms with Gasteiger partial charge in [0.1, 0.15) is 0 Å². The number of likely N-dealkylation sites (tertiary alicyclic amines) is 1. The van der Waals surface area contributed by atoms with Crippen molar-refractivity contribution >= 4 is 11.9 Å². The van der Waals surface area contributed by atoms with E-state index in [0.717, 1.165) is 19.3 Å². The fourth-order valence-electron chi connectivity index (χ4n) is 2.69. The molecule has 0 aromatic heterocycles. The monoisotopic (exact) mass is 197 g/mol. The van der Waals surface area contributed by atoms with E-state index in [-0.39, 0.29) is 17.2 Å². The molecule has 1 saturated carbocycles. The Kier molecular flexibility index (Phi) is 2.01. The van der Waals surface area contributed by atoms with E-state index in [2.05, 4.69) is 0 Å². The fraction of sp³-hybridized carbons (Fsp3) is 0.800. The Morgan fingerprint density at radius 3 is 2.36 bits per heavy atom. The van der Waals surface area contributed by atoms with Gasteiger partial charge in [0.2, 0.25) is 5.91 Å². The van der Waals surface area contributed by atoms with Crippen LogP contribution >= 0.6 is 0 Å². The second-order valence-corrected chi connectivity index (χ2v) is 4.51. The Labute approximate surface area is 82.9 Å². The molecule has 1 spiro atoms. The molecule has 1 aliphatic carbocycles. The first-order chi connectivity index (χ1) is 6.55.